The lowest BCUT2D eigenvalue weighted by Crippen LogP contribution is -2.50. The van der Waals surface area contributed by atoms with E-state index in [-0.39, 0.29) is 5.91 Å². The van der Waals surface area contributed by atoms with Gasteiger partial charge in [-0.3, -0.25) is 4.79 Å². The first kappa shape index (κ1) is 17.6. The van der Waals surface area contributed by atoms with Crippen molar-refractivity contribution < 1.29 is 9.21 Å². The zero-order valence-corrected chi connectivity index (χ0v) is 16.0. The van der Waals surface area contributed by atoms with Gasteiger partial charge in [0.1, 0.15) is 0 Å². The van der Waals surface area contributed by atoms with E-state index >= 15 is 0 Å². The molecule has 1 amide bonds. The number of amides is 1. The van der Waals surface area contributed by atoms with E-state index in [0.717, 1.165) is 24.1 Å². The molecule has 4 rings (SSSR count). The highest BCUT2D eigenvalue weighted by Gasteiger charge is 2.35. The van der Waals surface area contributed by atoms with Crippen molar-refractivity contribution in [1.82, 2.24) is 15.1 Å². The van der Waals surface area contributed by atoms with E-state index in [1.165, 1.54) is 43.9 Å². The van der Waals surface area contributed by atoms with Crippen molar-refractivity contribution >= 4 is 17.7 Å². The summed E-state index contributed by atoms with van der Waals surface area (Å²) in [5, 5.41) is 8.72. The quantitative estimate of drug-likeness (QED) is 0.749. The molecule has 1 saturated carbocycles. The molecule has 26 heavy (non-hydrogen) atoms. The number of fused-ring (bicyclic) bond motifs is 1. The molecule has 2 atom stereocenters. The predicted octanol–water partition coefficient (Wildman–Crippen LogP) is 4.32. The fourth-order valence-corrected chi connectivity index (χ4v) is 4.98. The number of hydrogen-bond acceptors (Lipinski definition) is 5. The summed E-state index contributed by atoms with van der Waals surface area (Å²) in [5.74, 6) is 1.81. The number of hydrogen-bond donors (Lipinski definition) is 0. The van der Waals surface area contributed by atoms with Gasteiger partial charge in [0, 0.05) is 18.2 Å². The zero-order chi connectivity index (χ0) is 17.9. The van der Waals surface area contributed by atoms with Gasteiger partial charge >= 0.3 is 0 Å². The van der Waals surface area contributed by atoms with Crippen LogP contribution < -0.4 is 0 Å². The van der Waals surface area contributed by atoms with Crippen molar-refractivity contribution in [2.24, 2.45) is 5.92 Å². The molecule has 6 heteroatoms. The second-order valence-electron chi connectivity index (χ2n) is 7.32. The van der Waals surface area contributed by atoms with Gasteiger partial charge in [0.15, 0.2) is 0 Å². The van der Waals surface area contributed by atoms with Crippen LogP contribution in [0.5, 0.6) is 0 Å². The Labute approximate surface area is 158 Å². The van der Waals surface area contributed by atoms with Crippen LogP contribution in [0.1, 0.15) is 44.1 Å². The van der Waals surface area contributed by atoms with Crippen LogP contribution in [0.3, 0.4) is 0 Å². The minimum absolute atomic E-state index is 0.210. The van der Waals surface area contributed by atoms with Gasteiger partial charge < -0.3 is 9.32 Å². The molecule has 2 aliphatic rings. The Morgan fingerprint density at radius 1 is 1.19 bits per heavy atom. The highest BCUT2D eigenvalue weighted by atomic mass is 32.2. The van der Waals surface area contributed by atoms with Crippen LogP contribution in [0.4, 0.5) is 0 Å². The number of aromatic nitrogens is 2. The number of thioether (sulfide) groups is 1. The van der Waals surface area contributed by atoms with Crippen molar-refractivity contribution in [3.63, 3.8) is 0 Å². The van der Waals surface area contributed by atoms with Crippen LogP contribution in [0.2, 0.25) is 0 Å². The molecule has 0 spiro atoms. The zero-order valence-electron chi connectivity index (χ0n) is 15.2. The van der Waals surface area contributed by atoms with Crippen molar-refractivity contribution in [2.75, 3.05) is 12.3 Å². The van der Waals surface area contributed by atoms with Crippen LogP contribution in [0.15, 0.2) is 33.9 Å². The van der Waals surface area contributed by atoms with E-state index in [9.17, 15) is 4.79 Å². The topological polar surface area (TPSA) is 59.2 Å². The molecule has 1 aromatic heterocycles. The number of carbonyl (C=O) groups is 1. The van der Waals surface area contributed by atoms with Crippen LogP contribution in [-0.4, -0.2) is 39.3 Å². The van der Waals surface area contributed by atoms with Gasteiger partial charge in [0.2, 0.25) is 11.8 Å². The summed E-state index contributed by atoms with van der Waals surface area (Å²) in [6.45, 7) is 2.92. The summed E-state index contributed by atoms with van der Waals surface area (Å²) < 4.78 is 5.76. The number of nitrogens with zero attached hydrogens (tertiary/aromatic N) is 3. The first-order valence-electron chi connectivity index (χ1n) is 9.54. The lowest BCUT2D eigenvalue weighted by atomic mass is 9.78. The molecule has 5 nitrogen and oxygen atoms in total. The average molecular weight is 372 g/mol. The Bertz CT molecular complexity index is 774. The summed E-state index contributed by atoms with van der Waals surface area (Å²) in [7, 11) is 0. The molecule has 1 aromatic carbocycles. The Hall–Kier alpha value is -1.82. The summed E-state index contributed by atoms with van der Waals surface area (Å²) >= 11 is 1.35. The van der Waals surface area contributed by atoms with E-state index in [1.54, 1.807) is 0 Å². The number of benzene rings is 1. The third-order valence-corrected chi connectivity index (χ3v) is 6.47. The first-order chi connectivity index (χ1) is 12.7. The summed E-state index contributed by atoms with van der Waals surface area (Å²) in [6.07, 6.45) is 7.44. The van der Waals surface area contributed by atoms with Gasteiger partial charge in [-0.2, -0.15) is 0 Å². The molecule has 2 heterocycles. The highest BCUT2D eigenvalue weighted by molar-refractivity contribution is 7.99. The van der Waals surface area contributed by atoms with E-state index in [4.69, 9.17) is 4.42 Å². The Morgan fingerprint density at radius 2 is 2.00 bits per heavy atom. The molecule has 138 valence electrons. The van der Waals surface area contributed by atoms with Gasteiger partial charge in [-0.25, -0.2) is 0 Å². The van der Waals surface area contributed by atoms with E-state index in [2.05, 4.69) is 15.1 Å². The molecule has 0 N–H and O–H groups in total. The summed E-state index contributed by atoms with van der Waals surface area (Å²) in [4.78, 5) is 14.9. The molecule has 1 saturated heterocycles. The smallest absolute Gasteiger partial charge is 0.277 e. The third kappa shape index (κ3) is 3.65. The van der Waals surface area contributed by atoms with Crippen molar-refractivity contribution in [3.05, 3.63) is 29.8 Å². The molecule has 2 aromatic rings. The number of likely N-dealkylation sites (tertiary alicyclic amines) is 1. The third-order valence-electron chi connectivity index (χ3n) is 5.66. The molecular formula is C20H25N3O2S. The SMILES string of the molecule is Cc1ccccc1-c1nnc(SCC(=O)N2CCC[C@H]3CCCC[C@@H]32)o1. The molecule has 0 unspecified atom stereocenters. The van der Waals surface area contributed by atoms with Crippen molar-refractivity contribution in [2.45, 2.75) is 56.7 Å². The highest BCUT2D eigenvalue weighted by Crippen LogP contribution is 2.35. The Morgan fingerprint density at radius 3 is 2.88 bits per heavy atom. The average Bonchev–Trinajstić information content (AvgIpc) is 3.15. The minimum Gasteiger partial charge on any atom is -0.411 e. The van der Waals surface area contributed by atoms with Crippen LogP contribution in [0, 0.1) is 12.8 Å². The van der Waals surface area contributed by atoms with Crippen LogP contribution in [-0.2, 0) is 4.79 Å². The van der Waals surface area contributed by atoms with Gasteiger partial charge in [-0.15, -0.1) is 10.2 Å². The number of piperidine rings is 1. The molecule has 0 radical (unpaired) electrons. The van der Waals surface area contributed by atoms with Gasteiger partial charge in [0.25, 0.3) is 5.22 Å². The van der Waals surface area contributed by atoms with Gasteiger partial charge in [-0.1, -0.05) is 42.8 Å². The maximum absolute atomic E-state index is 12.8. The number of rotatable bonds is 4. The minimum atomic E-state index is 0.210. The normalized spacial score (nSPS) is 22.9. The summed E-state index contributed by atoms with van der Waals surface area (Å²) in [5.41, 5.74) is 2.04. The van der Waals surface area contributed by atoms with E-state index in [1.807, 2.05) is 31.2 Å². The number of aryl methyl sites for hydroxylation is 1. The molecule has 1 aliphatic carbocycles. The monoisotopic (exact) mass is 371 g/mol. The summed E-state index contributed by atoms with van der Waals surface area (Å²) in [6, 6.07) is 8.39. The van der Waals surface area contributed by atoms with Crippen LogP contribution >= 0.6 is 11.8 Å². The molecular weight excluding hydrogens is 346 g/mol. The molecule has 2 fully saturated rings. The largest absolute Gasteiger partial charge is 0.411 e. The Kier molecular flexibility index (Phi) is 5.29. The molecule has 0 bridgehead atoms. The Balaban J connectivity index is 1.38. The fourth-order valence-electron chi connectivity index (χ4n) is 4.33. The fraction of sp³-hybridized carbons (Fsp3) is 0.550. The van der Waals surface area contributed by atoms with E-state index < -0.39 is 0 Å². The maximum Gasteiger partial charge on any atom is 0.277 e. The predicted molar refractivity (Wildman–Crippen MR) is 102 cm³/mol. The maximum atomic E-state index is 12.8. The second kappa shape index (κ2) is 7.82. The standard InChI is InChI=1S/C20H25N3O2S/c1-14-7-2-4-10-16(14)19-21-22-20(25-19)26-13-18(24)23-12-6-9-15-8-3-5-11-17(15)23/h2,4,7,10,15,17H,3,5-6,8-9,11-13H2,1H3/t15-,17+/m1/s1. The molecule has 1 aliphatic heterocycles. The van der Waals surface area contributed by atoms with Crippen molar-refractivity contribution in [3.8, 4) is 11.5 Å². The van der Waals surface area contributed by atoms with E-state index in [0.29, 0.717) is 28.8 Å². The van der Waals surface area contributed by atoms with Gasteiger partial charge in [-0.05, 0) is 50.2 Å². The second-order valence-corrected chi connectivity index (χ2v) is 8.24. The lowest BCUT2D eigenvalue weighted by Gasteiger charge is -2.44. The van der Waals surface area contributed by atoms with Crippen molar-refractivity contribution in [1.29, 1.82) is 0 Å². The first-order valence-corrected chi connectivity index (χ1v) is 10.5. The van der Waals surface area contributed by atoms with Crippen LogP contribution in [0.25, 0.3) is 11.5 Å². The van der Waals surface area contributed by atoms with Gasteiger partial charge in [0.05, 0.1) is 5.75 Å². The number of carbonyl (C=O) groups excluding carboxylic acids is 1. The lowest BCUT2D eigenvalue weighted by molar-refractivity contribution is -0.134.